The number of fused-ring (bicyclic) bond motifs is 3. The molecule has 0 atom stereocenters. The average Bonchev–Trinajstić information content (AvgIpc) is 3.44. The lowest BCUT2D eigenvalue weighted by molar-refractivity contribution is 0.588. The minimum Gasteiger partial charge on any atom is -0.339 e. The van der Waals surface area contributed by atoms with Crippen LogP contribution in [0.15, 0.2) is 114 Å². The normalized spacial score (nSPS) is 12.1. The van der Waals surface area contributed by atoms with E-state index in [1.807, 2.05) is 85.9 Å². The molecule has 2 aromatic heterocycles. The van der Waals surface area contributed by atoms with E-state index in [-0.39, 0.29) is 11.5 Å². The Morgan fingerprint density at radius 1 is 0.826 bits per heavy atom. The quantitative estimate of drug-likeness (QED) is 0.141. The lowest BCUT2D eigenvalue weighted by Crippen LogP contribution is -2.30. The molecular weight excluding hydrogens is 617 g/mol. The molecule has 0 amide bonds. The molecule has 8 nitrogen and oxygen atoms in total. The standard InChI is InChI=1S/C36H36N4O4S2/c1-3-37-21-10-22-46(43,44)40(2)29-18-16-27(17-19-29)32-24-38-36-35(34(32)28-11-6-4-7-12-28)31-23-26(15-20-33(31)39-36)25-45(41,42)30-13-8-5-9-14-30/h4-9,11-20,23-24,37H,3,10,21-22,25H2,1-2H3,(H,38,39). The molecule has 0 unspecified atom stereocenters. The van der Waals surface area contributed by atoms with Gasteiger partial charge in [0.25, 0.3) is 0 Å². The first-order valence-corrected chi connectivity index (χ1v) is 18.5. The largest absolute Gasteiger partial charge is 0.339 e. The van der Waals surface area contributed by atoms with Crippen LogP contribution in [0.5, 0.6) is 0 Å². The monoisotopic (exact) mass is 652 g/mol. The van der Waals surface area contributed by atoms with Gasteiger partial charge in [-0.25, -0.2) is 21.8 Å². The molecule has 4 aromatic carbocycles. The summed E-state index contributed by atoms with van der Waals surface area (Å²) in [5, 5.41) is 4.94. The van der Waals surface area contributed by atoms with Crippen molar-refractivity contribution in [3.8, 4) is 22.3 Å². The van der Waals surface area contributed by atoms with Crippen molar-refractivity contribution in [2.45, 2.75) is 24.0 Å². The fourth-order valence-electron chi connectivity index (χ4n) is 5.75. The second kappa shape index (κ2) is 13.1. The van der Waals surface area contributed by atoms with Gasteiger partial charge in [-0.15, -0.1) is 0 Å². The van der Waals surface area contributed by atoms with E-state index < -0.39 is 19.9 Å². The van der Waals surface area contributed by atoms with Gasteiger partial charge < -0.3 is 10.3 Å². The number of H-pyrrole nitrogens is 1. The lowest BCUT2D eigenvalue weighted by Gasteiger charge is -2.20. The highest BCUT2D eigenvalue weighted by molar-refractivity contribution is 7.92. The van der Waals surface area contributed by atoms with Gasteiger partial charge in [0, 0.05) is 40.7 Å². The summed E-state index contributed by atoms with van der Waals surface area (Å²) in [7, 11) is -5.42. The third-order valence-electron chi connectivity index (χ3n) is 8.17. The molecule has 2 N–H and O–H groups in total. The first-order valence-electron chi connectivity index (χ1n) is 15.2. The van der Waals surface area contributed by atoms with Gasteiger partial charge in [-0.05, 0) is 72.6 Å². The molecular formula is C36H36N4O4S2. The molecule has 0 aliphatic carbocycles. The van der Waals surface area contributed by atoms with Crippen LogP contribution in [-0.4, -0.2) is 52.7 Å². The minimum atomic E-state index is -3.54. The smallest absolute Gasteiger partial charge is 0.234 e. The van der Waals surface area contributed by atoms with Crippen molar-refractivity contribution in [2.24, 2.45) is 0 Å². The zero-order chi connectivity index (χ0) is 32.3. The maximum atomic E-state index is 13.2. The molecule has 6 rings (SSSR count). The maximum Gasteiger partial charge on any atom is 0.234 e. The van der Waals surface area contributed by atoms with Gasteiger partial charge in [0.05, 0.1) is 22.1 Å². The zero-order valence-corrected chi connectivity index (χ0v) is 27.4. The number of nitrogens with zero attached hydrogens (tertiary/aromatic N) is 2. The summed E-state index contributed by atoms with van der Waals surface area (Å²) in [4.78, 5) is 8.50. The zero-order valence-electron chi connectivity index (χ0n) is 25.8. The molecule has 0 fully saturated rings. The van der Waals surface area contributed by atoms with E-state index in [9.17, 15) is 16.8 Å². The molecule has 2 heterocycles. The second-order valence-corrected chi connectivity index (χ2v) is 15.4. The average molecular weight is 653 g/mol. The van der Waals surface area contributed by atoms with Crippen LogP contribution in [0.2, 0.25) is 0 Å². The number of sulfonamides is 1. The minimum absolute atomic E-state index is 0.0617. The maximum absolute atomic E-state index is 13.2. The topological polar surface area (TPSA) is 112 Å². The number of rotatable bonds is 12. The van der Waals surface area contributed by atoms with Crippen LogP contribution >= 0.6 is 0 Å². The summed E-state index contributed by atoms with van der Waals surface area (Å²) in [6.07, 6.45) is 2.37. The molecule has 0 bridgehead atoms. The number of aromatic nitrogens is 2. The molecule has 0 aliphatic rings. The van der Waals surface area contributed by atoms with Crippen LogP contribution < -0.4 is 9.62 Å². The van der Waals surface area contributed by atoms with Gasteiger partial charge in [0.15, 0.2) is 9.84 Å². The van der Waals surface area contributed by atoms with Gasteiger partial charge in [0.1, 0.15) is 5.65 Å². The summed E-state index contributed by atoms with van der Waals surface area (Å²) in [6, 6.07) is 31.7. The predicted molar refractivity (Wildman–Crippen MR) is 187 cm³/mol. The molecule has 6 aromatic rings. The number of benzene rings is 4. The highest BCUT2D eigenvalue weighted by Gasteiger charge is 2.21. The Morgan fingerprint density at radius 2 is 1.52 bits per heavy atom. The first-order chi connectivity index (χ1) is 22.2. The van der Waals surface area contributed by atoms with Crippen molar-refractivity contribution in [1.29, 1.82) is 0 Å². The Morgan fingerprint density at radius 3 is 2.22 bits per heavy atom. The van der Waals surface area contributed by atoms with Crippen molar-refractivity contribution < 1.29 is 16.8 Å². The second-order valence-electron chi connectivity index (χ2n) is 11.3. The van der Waals surface area contributed by atoms with Crippen molar-refractivity contribution in [1.82, 2.24) is 15.3 Å². The SMILES string of the molecule is CCNCCCS(=O)(=O)N(C)c1ccc(-c2cnc3[nH]c4ccc(CS(=O)(=O)c5ccccc5)cc4c3c2-c2ccccc2)cc1. The number of anilines is 1. The molecule has 0 spiro atoms. The number of nitrogens with one attached hydrogen (secondary N) is 2. The Bertz CT molecular complexity index is 2200. The third-order valence-corrected chi connectivity index (χ3v) is 11.7. The molecule has 0 saturated carbocycles. The first kappa shape index (κ1) is 31.5. The molecule has 236 valence electrons. The summed E-state index contributed by atoms with van der Waals surface area (Å²) in [5.74, 6) is -0.0629. The summed E-state index contributed by atoms with van der Waals surface area (Å²) in [6.45, 7) is 3.45. The van der Waals surface area contributed by atoms with E-state index >= 15 is 0 Å². The highest BCUT2D eigenvalue weighted by Crippen LogP contribution is 2.41. The van der Waals surface area contributed by atoms with E-state index in [4.69, 9.17) is 4.98 Å². The van der Waals surface area contributed by atoms with E-state index in [1.54, 1.807) is 37.4 Å². The summed E-state index contributed by atoms with van der Waals surface area (Å²) >= 11 is 0. The third kappa shape index (κ3) is 6.42. The fourth-order valence-corrected chi connectivity index (χ4v) is 8.33. The number of pyridine rings is 1. The van der Waals surface area contributed by atoms with E-state index in [0.717, 1.165) is 45.1 Å². The van der Waals surface area contributed by atoms with Crippen molar-refractivity contribution in [3.63, 3.8) is 0 Å². The lowest BCUT2D eigenvalue weighted by atomic mass is 9.92. The Labute approximate surface area is 270 Å². The van der Waals surface area contributed by atoms with Gasteiger partial charge >= 0.3 is 0 Å². The molecule has 10 heteroatoms. The number of sulfone groups is 1. The molecule has 46 heavy (non-hydrogen) atoms. The van der Waals surface area contributed by atoms with Gasteiger partial charge in [-0.2, -0.15) is 0 Å². The highest BCUT2D eigenvalue weighted by atomic mass is 32.2. The van der Waals surface area contributed by atoms with Crippen LogP contribution in [-0.2, 0) is 25.6 Å². The molecule has 0 radical (unpaired) electrons. The van der Waals surface area contributed by atoms with E-state index in [0.29, 0.717) is 34.8 Å². The molecule has 0 aliphatic heterocycles. The van der Waals surface area contributed by atoms with Crippen molar-refractivity contribution in [2.75, 3.05) is 30.2 Å². The van der Waals surface area contributed by atoms with Crippen LogP contribution in [0.3, 0.4) is 0 Å². The number of hydrogen-bond donors (Lipinski definition) is 2. The van der Waals surface area contributed by atoms with Gasteiger partial charge in [-0.3, -0.25) is 4.31 Å². The van der Waals surface area contributed by atoms with Crippen molar-refractivity contribution in [3.05, 3.63) is 115 Å². The fraction of sp³-hybridized carbons (Fsp3) is 0.194. The van der Waals surface area contributed by atoms with Gasteiger partial charge in [0.2, 0.25) is 10.0 Å². The van der Waals surface area contributed by atoms with Crippen LogP contribution in [0, 0.1) is 0 Å². The van der Waals surface area contributed by atoms with Crippen LogP contribution in [0.1, 0.15) is 18.9 Å². The van der Waals surface area contributed by atoms with Gasteiger partial charge in [-0.1, -0.05) is 73.7 Å². The van der Waals surface area contributed by atoms with E-state index in [2.05, 4.69) is 10.3 Å². The van der Waals surface area contributed by atoms with Crippen molar-refractivity contribution >= 4 is 47.5 Å². The Hall–Kier alpha value is -4.51. The number of aromatic amines is 1. The predicted octanol–water partition coefficient (Wildman–Crippen LogP) is 6.79. The Balaban J connectivity index is 1.42. The van der Waals surface area contributed by atoms with Crippen LogP contribution in [0.25, 0.3) is 44.2 Å². The summed E-state index contributed by atoms with van der Waals surface area (Å²) in [5.41, 5.74) is 6.51. The molecule has 0 saturated heterocycles. The summed E-state index contributed by atoms with van der Waals surface area (Å²) < 4.78 is 53.7. The number of hydrogen-bond acceptors (Lipinski definition) is 6. The van der Waals surface area contributed by atoms with E-state index in [1.165, 1.54) is 4.31 Å². The Kier molecular flexibility index (Phi) is 8.95. The van der Waals surface area contributed by atoms with Crippen LogP contribution in [0.4, 0.5) is 5.69 Å².